The molecule has 2 aromatic carbocycles. The van der Waals surface area contributed by atoms with Crippen LogP contribution in [0.1, 0.15) is 21.6 Å². The number of rotatable bonds is 7. The third-order valence-corrected chi connectivity index (χ3v) is 5.95. The molecule has 8 nitrogen and oxygen atoms in total. The predicted octanol–water partition coefficient (Wildman–Crippen LogP) is 4.45. The summed E-state index contributed by atoms with van der Waals surface area (Å²) in [5.74, 6) is 1.25. The Hall–Kier alpha value is -4.17. The van der Waals surface area contributed by atoms with Gasteiger partial charge in [0.2, 0.25) is 0 Å². The number of nitrogens with zero attached hydrogens (tertiary/aromatic N) is 3. The first-order valence-electron chi connectivity index (χ1n) is 11.6. The lowest BCUT2D eigenvalue weighted by atomic mass is 10.1. The summed E-state index contributed by atoms with van der Waals surface area (Å²) in [5, 5.41) is 3.00. The minimum absolute atomic E-state index is 0.184. The van der Waals surface area contributed by atoms with Gasteiger partial charge in [0.25, 0.3) is 5.91 Å². The first-order chi connectivity index (χ1) is 17.2. The summed E-state index contributed by atoms with van der Waals surface area (Å²) in [7, 11) is 0. The Labute approximate surface area is 203 Å². The maximum absolute atomic E-state index is 12.8. The number of pyridine rings is 1. The van der Waals surface area contributed by atoms with Gasteiger partial charge >= 0.3 is 0 Å². The first-order valence-corrected chi connectivity index (χ1v) is 11.6. The summed E-state index contributed by atoms with van der Waals surface area (Å²) in [4.78, 5) is 27.0. The lowest BCUT2D eigenvalue weighted by molar-refractivity contribution is 0.102. The molecule has 8 heteroatoms. The quantitative estimate of drug-likeness (QED) is 0.416. The van der Waals surface area contributed by atoms with Crippen LogP contribution in [0.2, 0.25) is 0 Å². The highest BCUT2D eigenvalue weighted by atomic mass is 16.5. The number of morpholine rings is 1. The third-order valence-electron chi connectivity index (χ3n) is 5.95. The Bertz CT molecular complexity index is 1270. The van der Waals surface area contributed by atoms with Crippen molar-refractivity contribution < 1.29 is 14.3 Å². The standard InChI is InChI=1S/C27H27N5O3/c1-19-2-3-21(26-28-10-11-29-26)16-25(19)31-27(33)20-4-8-24(9-5-20)35-18-22-6-7-23(17-30-22)32-12-14-34-15-13-32/h2-11,16-17H,12-15,18H2,1H3,(H,28,29)(H,31,33). The lowest BCUT2D eigenvalue weighted by Gasteiger charge is -2.28. The van der Waals surface area contributed by atoms with Crippen molar-refractivity contribution in [3.63, 3.8) is 0 Å². The Balaban J connectivity index is 1.18. The second-order valence-corrected chi connectivity index (χ2v) is 8.34. The van der Waals surface area contributed by atoms with E-state index < -0.39 is 0 Å². The van der Waals surface area contributed by atoms with Crippen molar-refractivity contribution in [1.82, 2.24) is 15.0 Å². The molecule has 1 aliphatic heterocycles. The van der Waals surface area contributed by atoms with Crippen molar-refractivity contribution in [3.05, 3.63) is 90.0 Å². The molecule has 3 heterocycles. The molecule has 0 spiro atoms. The Morgan fingerprint density at radius 1 is 1.09 bits per heavy atom. The van der Waals surface area contributed by atoms with Gasteiger partial charge in [-0.25, -0.2) is 4.98 Å². The van der Waals surface area contributed by atoms with Crippen molar-refractivity contribution >= 4 is 17.3 Å². The van der Waals surface area contributed by atoms with Crippen molar-refractivity contribution in [2.24, 2.45) is 0 Å². The topological polar surface area (TPSA) is 92.4 Å². The molecule has 35 heavy (non-hydrogen) atoms. The summed E-state index contributed by atoms with van der Waals surface area (Å²) in [6, 6.07) is 17.0. The number of hydrogen-bond donors (Lipinski definition) is 2. The Kier molecular flexibility index (Phi) is 6.72. The van der Waals surface area contributed by atoms with E-state index in [-0.39, 0.29) is 5.91 Å². The fraction of sp³-hybridized carbons (Fsp3) is 0.222. The number of aryl methyl sites for hydroxylation is 1. The molecule has 1 amide bonds. The number of nitrogens with one attached hydrogen (secondary N) is 2. The lowest BCUT2D eigenvalue weighted by Crippen LogP contribution is -2.36. The largest absolute Gasteiger partial charge is 0.487 e. The van der Waals surface area contributed by atoms with Crippen LogP contribution in [-0.4, -0.2) is 47.2 Å². The second kappa shape index (κ2) is 10.4. The van der Waals surface area contributed by atoms with E-state index in [0.29, 0.717) is 17.9 Å². The zero-order chi connectivity index (χ0) is 24.0. The van der Waals surface area contributed by atoms with Crippen LogP contribution in [0.25, 0.3) is 11.4 Å². The number of benzene rings is 2. The maximum atomic E-state index is 12.8. The number of H-pyrrole nitrogens is 1. The van der Waals surface area contributed by atoms with E-state index >= 15 is 0 Å². The van der Waals surface area contributed by atoms with Crippen LogP contribution in [-0.2, 0) is 11.3 Å². The zero-order valence-electron chi connectivity index (χ0n) is 19.5. The summed E-state index contributed by atoms with van der Waals surface area (Å²) >= 11 is 0. The van der Waals surface area contributed by atoms with Gasteiger partial charge in [0.1, 0.15) is 18.2 Å². The van der Waals surface area contributed by atoms with Crippen molar-refractivity contribution in [2.45, 2.75) is 13.5 Å². The van der Waals surface area contributed by atoms with Crippen molar-refractivity contribution in [3.8, 4) is 17.1 Å². The fourth-order valence-corrected chi connectivity index (χ4v) is 3.89. The number of hydrogen-bond acceptors (Lipinski definition) is 6. The molecule has 1 fully saturated rings. The number of amides is 1. The molecule has 5 rings (SSSR count). The average Bonchev–Trinajstić information content (AvgIpc) is 3.45. The molecule has 0 radical (unpaired) electrons. The van der Waals surface area contributed by atoms with E-state index in [1.165, 1.54) is 0 Å². The molecule has 1 aliphatic rings. The number of ether oxygens (including phenoxy) is 2. The van der Waals surface area contributed by atoms with Crippen LogP contribution in [0, 0.1) is 6.92 Å². The molecular weight excluding hydrogens is 442 g/mol. The molecule has 0 aliphatic carbocycles. The molecule has 2 aromatic heterocycles. The number of carbonyl (C=O) groups excluding carboxylic acids is 1. The highest BCUT2D eigenvalue weighted by Crippen LogP contribution is 2.24. The Morgan fingerprint density at radius 3 is 2.63 bits per heavy atom. The van der Waals surface area contributed by atoms with Gasteiger partial charge in [0.05, 0.1) is 30.8 Å². The number of carbonyl (C=O) groups is 1. The van der Waals surface area contributed by atoms with Gasteiger partial charge in [-0.05, 0) is 55.0 Å². The Morgan fingerprint density at radius 2 is 1.91 bits per heavy atom. The monoisotopic (exact) mass is 469 g/mol. The predicted molar refractivity (Wildman–Crippen MR) is 135 cm³/mol. The smallest absolute Gasteiger partial charge is 0.255 e. The second-order valence-electron chi connectivity index (χ2n) is 8.34. The van der Waals surface area contributed by atoms with Crippen LogP contribution in [0.4, 0.5) is 11.4 Å². The molecule has 0 unspecified atom stereocenters. The molecule has 0 saturated carbocycles. The molecule has 0 bridgehead atoms. The summed E-state index contributed by atoms with van der Waals surface area (Å²) < 4.78 is 11.3. The summed E-state index contributed by atoms with van der Waals surface area (Å²) in [6.07, 6.45) is 5.35. The fourth-order valence-electron chi connectivity index (χ4n) is 3.89. The van der Waals surface area contributed by atoms with Crippen LogP contribution >= 0.6 is 0 Å². The van der Waals surface area contributed by atoms with Crippen LogP contribution in [0.5, 0.6) is 5.75 Å². The van der Waals surface area contributed by atoms with Crippen molar-refractivity contribution in [2.75, 3.05) is 36.5 Å². The third kappa shape index (κ3) is 5.50. The van der Waals surface area contributed by atoms with E-state index in [9.17, 15) is 4.79 Å². The summed E-state index contributed by atoms with van der Waals surface area (Å²) in [5.41, 5.74) is 5.11. The van der Waals surface area contributed by atoms with E-state index in [1.54, 1.807) is 36.7 Å². The normalized spacial score (nSPS) is 13.5. The van der Waals surface area contributed by atoms with Crippen LogP contribution in [0.15, 0.2) is 73.2 Å². The first kappa shape index (κ1) is 22.6. The van der Waals surface area contributed by atoms with Crippen molar-refractivity contribution in [1.29, 1.82) is 0 Å². The van der Waals surface area contributed by atoms with Crippen LogP contribution < -0.4 is 15.0 Å². The number of aromatic amines is 1. The minimum Gasteiger partial charge on any atom is -0.487 e. The number of aromatic nitrogens is 3. The average molecular weight is 470 g/mol. The van der Waals surface area contributed by atoms with Gasteiger partial charge in [-0.2, -0.15) is 0 Å². The van der Waals surface area contributed by atoms with E-state index in [4.69, 9.17) is 9.47 Å². The number of anilines is 2. The summed E-state index contributed by atoms with van der Waals surface area (Å²) in [6.45, 7) is 5.57. The number of imidazole rings is 1. The highest BCUT2D eigenvalue weighted by molar-refractivity contribution is 6.05. The van der Waals surface area contributed by atoms with Gasteiger partial charge in [-0.3, -0.25) is 9.78 Å². The minimum atomic E-state index is -0.184. The van der Waals surface area contributed by atoms with Crippen LogP contribution in [0.3, 0.4) is 0 Å². The molecule has 178 valence electrons. The van der Waals surface area contributed by atoms with E-state index in [1.807, 2.05) is 37.4 Å². The van der Waals surface area contributed by atoms with Gasteiger partial charge in [0.15, 0.2) is 0 Å². The maximum Gasteiger partial charge on any atom is 0.255 e. The van der Waals surface area contributed by atoms with E-state index in [2.05, 4.69) is 31.2 Å². The van der Waals surface area contributed by atoms with Gasteiger partial charge in [-0.15, -0.1) is 0 Å². The van der Waals surface area contributed by atoms with E-state index in [0.717, 1.165) is 60.3 Å². The highest BCUT2D eigenvalue weighted by Gasteiger charge is 2.12. The zero-order valence-corrected chi connectivity index (χ0v) is 19.5. The van der Waals surface area contributed by atoms with Gasteiger partial charge in [0, 0.05) is 42.3 Å². The molecule has 0 atom stereocenters. The SMILES string of the molecule is Cc1ccc(-c2ncc[nH]2)cc1NC(=O)c1ccc(OCc2ccc(N3CCOCC3)cn2)cc1. The molecule has 4 aromatic rings. The van der Waals surface area contributed by atoms with Gasteiger partial charge in [-0.1, -0.05) is 12.1 Å². The molecule has 2 N–H and O–H groups in total. The molecule has 1 saturated heterocycles. The molecular formula is C27H27N5O3. The van der Waals surface area contributed by atoms with Gasteiger partial charge < -0.3 is 24.7 Å².